The van der Waals surface area contributed by atoms with Crippen molar-refractivity contribution in [2.45, 2.75) is 19.5 Å². The van der Waals surface area contributed by atoms with Crippen LogP contribution in [-0.2, 0) is 16.1 Å². The third kappa shape index (κ3) is 6.71. The molecule has 1 unspecified atom stereocenters. The number of nitrogens with zero attached hydrogens (tertiary/aromatic N) is 2. The highest BCUT2D eigenvalue weighted by Crippen LogP contribution is 2.33. The number of halogens is 2. The van der Waals surface area contributed by atoms with E-state index in [9.17, 15) is 19.7 Å². The van der Waals surface area contributed by atoms with Crippen LogP contribution in [0.15, 0.2) is 72.8 Å². The second-order valence-corrected chi connectivity index (χ2v) is 8.13. The Morgan fingerprint density at radius 2 is 1.77 bits per heavy atom. The van der Waals surface area contributed by atoms with Gasteiger partial charge in [-0.3, -0.25) is 19.7 Å². The van der Waals surface area contributed by atoms with E-state index in [1.165, 1.54) is 23.1 Å². The first-order chi connectivity index (χ1) is 16.8. The highest BCUT2D eigenvalue weighted by molar-refractivity contribution is 6.32. The van der Waals surface area contributed by atoms with Gasteiger partial charge in [0.1, 0.15) is 17.7 Å². The van der Waals surface area contributed by atoms with Crippen LogP contribution in [-0.4, -0.2) is 34.1 Å². The van der Waals surface area contributed by atoms with Crippen LogP contribution in [0.2, 0.25) is 5.02 Å². The lowest BCUT2D eigenvalue weighted by atomic mass is 10.0. The first-order valence-electron chi connectivity index (χ1n) is 10.7. The molecule has 0 aliphatic carbocycles. The third-order valence-electron chi connectivity index (χ3n) is 5.11. The van der Waals surface area contributed by atoms with Crippen LogP contribution in [0.1, 0.15) is 24.1 Å². The van der Waals surface area contributed by atoms with Crippen molar-refractivity contribution < 1.29 is 19.2 Å². The lowest BCUT2D eigenvalue weighted by Crippen LogP contribution is -2.41. The maximum absolute atomic E-state index is 13.6. The number of alkyl halides is 1. The van der Waals surface area contributed by atoms with Gasteiger partial charge < -0.3 is 15.0 Å². The number of amides is 2. The molecule has 182 valence electrons. The zero-order valence-corrected chi connectivity index (χ0v) is 20.3. The van der Waals surface area contributed by atoms with E-state index in [2.05, 4.69) is 5.32 Å². The molecule has 0 bridgehead atoms. The standard InChI is InChI=1S/C25H23Cl2N3O5/c1-2-35-20-11-8-18(9-12-20)28-25(32)24(21-14-19(30(33)34)10-13-22(21)27)29(23(31)15-26)16-17-6-4-3-5-7-17/h3-14,24H,2,15-16H2,1H3,(H,28,32). The van der Waals surface area contributed by atoms with Crippen molar-refractivity contribution in [1.29, 1.82) is 0 Å². The van der Waals surface area contributed by atoms with E-state index in [1.54, 1.807) is 48.5 Å². The summed E-state index contributed by atoms with van der Waals surface area (Å²) in [7, 11) is 0. The lowest BCUT2D eigenvalue weighted by molar-refractivity contribution is -0.384. The van der Waals surface area contributed by atoms with E-state index in [0.29, 0.717) is 18.0 Å². The van der Waals surface area contributed by atoms with Crippen molar-refractivity contribution in [3.8, 4) is 5.75 Å². The van der Waals surface area contributed by atoms with Gasteiger partial charge in [0.2, 0.25) is 5.91 Å². The van der Waals surface area contributed by atoms with Crippen LogP contribution in [0.3, 0.4) is 0 Å². The van der Waals surface area contributed by atoms with E-state index in [-0.39, 0.29) is 22.8 Å². The average molecular weight is 516 g/mol. The normalized spacial score (nSPS) is 11.4. The predicted molar refractivity (Wildman–Crippen MR) is 135 cm³/mol. The largest absolute Gasteiger partial charge is 0.494 e. The van der Waals surface area contributed by atoms with Crippen LogP contribution in [0, 0.1) is 10.1 Å². The number of benzene rings is 3. The molecule has 3 rings (SSSR count). The number of ether oxygens (including phenoxy) is 1. The molecule has 3 aromatic rings. The van der Waals surface area contributed by atoms with Gasteiger partial charge >= 0.3 is 0 Å². The Labute approximate surface area is 212 Å². The fourth-order valence-corrected chi connectivity index (χ4v) is 3.87. The molecular weight excluding hydrogens is 493 g/mol. The maximum Gasteiger partial charge on any atom is 0.269 e. The molecule has 0 aliphatic heterocycles. The maximum atomic E-state index is 13.6. The molecular formula is C25H23Cl2N3O5. The topological polar surface area (TPSA) is 102 Å². The molecule has 3 aromatic carbocycles. The van der Waals surface area contributed by atoms with Crippen molar-refractivity contribution in [3.05, 3.63) is 99.1 Å². The van der Waals surface area contributed by atoms with Gasteiger partial charge in [-0.25, -0.2) is 0 Å². The molecule has 0 fully saturated rings. The minimum absolute atomic E-state index is 0.0345. The molecule has 0 radical (unpaired) electrons. The number of hydrogen-bond donors (Lipinski definition) is 1. The van der Waals surface area contributed by atoms with E-state index in [0.717, 1.165) is 5.56 Å². The molecule has 1 N–H and O–H groups in total. The highest BCUT2D eigenvalue weighted by atomic mass is 35.5. The van der Waals surface area contributed by atoms with E-state index >= 15 is 0 Å². The van der Waals surface area contributed by atoms with Crippen LogP contribution in [0.25, 0.3) is 0 Å². The summed E-state index contributed by atoms with van der Waals surface area (Å²) in [4.78, 5) is 38.7. The van der Waals surface area contributed by atoms with Gasteiger partial charge in [-0.1, -0.05) is 41.9 Å². The summed E-state index contributed by atoms with van der Waals surface area (Å²) in [6.07, 6.45) is 0. The number of nitrogens with one attached hydrogen (secondary N) is 1. The van der Waals surface area contributed by atoms with Gasteiger partial charge in [0.15, 0.2) is 0 Å². The summed E-state index contributed by atoms with van der Waals surface area (Å²) < 4.78 is 5.42. The van der Waals surface area contributed by atoms with E-state index in [1.807, 2.05) is 13.0 Å². The second kappa shape index (κ2) is 12.2. The summed E-state index contributed by atoms with van der Waals surface area (Å²) in [5.41, 5.74) is 1.04. The molecule has 1 atom stereocenters. The van der Waals surface area contributed by atoms with Gasteiger partial charge in [0, 0.05) is 35.0 Å². The molecule has 0 saturated carbocycles. The van der Waals surface area contributed by atoms with Crippen molar-refractivity contribution >= 4 is 46.4 Å². The summed E-state index contributed by atoms with van der Waals surface area (Å²) in [6.45, 7) is 2.39. The van der Waals surface area contributed by atoms with Crippen LogP contribution < -0.4 is 10.1 Å². The quantitative estimate of drug-likeness (QED) is 0.215. The number of nitro groups is 1. The number of hydrogen-bond acceptors (Lipinski definition) is 5. The minimum Gasteiger partial charge on any atom is -0.494 e. The van der Waals surface area contributed by atoms with Crippen molar-refractivity contribution in [2.24, 2.45) is 0 Å². The SMILES string of the molecule is CCOc1ccc(NC(=O)C(c2cc([N+](=O)[O-])ccc2Cl)N(Cc2ccccc2)C(=O)CCl)cc1. The number of rotatable bonds is 10. The number of anilines is 1. The van der Waals surface area contributed by atoms with Gasteiger partial charge in [0.25, 0.3) is 11.6 Å². The minimum atomic E-state index is -1.29. The molecule has 2 amide bonds. The summed E-state index contributed by atoms with van der Waals surface area (Å²) in [5.74, 6) is -0.908. The zero-order chi connectivity index (χ0) is 25.4. The van der Waals surface area contributed by atoms with E-state index in [4.69, 9.17) is 27.9 Å². The van der Waals surface area contributed by atoms with Crippen LogP contribution >= 0.6 is 23.2 Å². The molecule has 0 spiro atoms. The Morgan fingerprint density at radius 3 is 2.37 bits per heavy atom. The van der Waals surface area contributed by atoms with E-state index < -0.39 is 28.7 Å². The van der Waals surface area contributed by atoms with Gasteiger partial charge in [-0.05, 0) is 42.8 Å². The Kier molecular flexibility index (Phi) is 9.05. The Balaban J connectivity index is 2.06. The Hall–Kier alpha value is -3.62. The molecule has 35 heavy (non-hydrogen) atoms. The molecule has 8 nitrogen and oxygen atoms in total. The summed E-state index contributed by atoms with van der Waals surface area (Å²) in [6, 6.07) is 18.2. The molecule has 0 aromatic heterocycles. The summed E-state index contributed by atoms with van der Waals surface area (Å²) in [5, 5.41) is 14.3. The number of non-ortho nitro benzene ring substituents is 1. The fraction of sp³-hybridized carbons (Fsp3) is 0.200. The number of carbonyl (C=O) groups excluding carboxylic acids is 2. The van der Waals surface area contributed by atoms with Crippen LogP contribution in [0.4, 0.5) is 11.4 Å². The first kappa shape index (κ1) is 26.0. The van der Waals surface area contributed by atoms with Gasteiger partial charge in [0.05, 0.1) is 11.5 Å². The molecule has 0 aliphatic rings. The Bertz CT molecular complexity index is 1190. The fourth-order valence-electron chi connectivity index (χ4n) is 3.50. The Morgan fingerprint density at radius 1 is 1.09 bits per heavy atom. The van der Waals surface area contributed by atoms with Crippen LogP contribution in [0.5, 0.6) is 5.75 Å². The number of nitro benzene ring substituents is 1. The highest BCUT2D eigenvalue weighted by Gasteiger charge is 2.34. The van der Waals surface area contributed by atoms with Gasteiger partial charge in [-0.2, -0.15) is 0 Å². The molecule has 10 heteroatoms. The second-order valence-electron chi connectivity index (χ2n) is 7.45. The predicted octanol–water partition coefficient (Wildman–Crippen LogP) is 5.59. The zero-order valence-electron chi connectivity index (χ0n) is 18.8. The van der Waals surface area contributed by atoms with Crippen molar-refractivity contribution in [2.75, 3.05) is 17.8 Å². The van der Waals surface area contributed by atoms with Crippen molar-refractivity contribution in [1.82, 2.24) is 4.90 Å². The van der Waals surface area contributed by atoms with Crippen molar-refractivity contribution in [3.63, 3.8) is 0 Å². The smallest absolute Gasteiger partial charge is 0.269 e. The summed E-state index contributed by atoms with van der Waals surface area (Å²) >= 11 is 12.3. The first-order valence-corrected chi connectivity index (χ1v) is 11.6. The monoisotopic (exact) mass is 515 g/mol. The average Bonchev–Trinajstić information content (AvgIpc) is 2.86. The third-order valence-corrected chi connectivity index (χ3v) is 5.68. The molecule has 0 heterocycles. The molecule has 0 saturated heterocycles. The van der Waals surface area contributed by atoms with Gasteiger partial charge in [-0.15, -0.1) is 11.6 Å². The lowest BCUT2D eigenvalue weighted by Gasteiger charge is -2.31. The number of carbonyl (C=O) groups is 2.